The predicted molar refractivity (Wildman–Crippen MR) is 68.3 cm³/mol. The standard InChI is InChI=1S/C15H11NO2/c1-10(17)11-2-4-12(5-3-11)13-6-7-15(18)14(8-13)9-16/h2-8,18H,1H3. The largest absolute Gasteiger partial charge is 0.507 e. The number of phenols is 1. The Morgan fingerprint density at radius 3 is 2.28 bits per heavy atom. The van der Waals surface area contributed by atoms with Crippen molar-refractivity contribution in [1.29, 1.82) is 5.26 Å². The summed E-state index contributed by atoms with van der Waals surface area (Å²) >= 11 is 0. The molecule has 18 heavy (non-hydrogen) atoms. The molecule has 0 saturated carbocycles. The van der Waals surface area contributed by atoms with Crippen molar-refractivity contribution >= 4 is 5.78 Å². The molecule has 0 amide bonds. The van der Waals surface area contributed by atoms with Gasteiger partial charge in [0.25, 0.3) is 0 Å². The zero-order valence-corrected chi connectivity index (χ0v) is 9.84. The summed E-state index contributed by atoms with van der Waals surface area (Å²) in [4.78, 5) is 11.2. The second-order valence-corrected chi connectivity index (χ2v) is 3.98. The Morgan fingerprint density at radius 2 is 1.72 bits per heavy atom. The lowest BCUT2D eigenvalue weighted by Gasteiger charge is -2.04. The van der Waals surface area contributed by atoms with Crippen molar-refractivity contribution in [2.75, 3.05) is 0 Å². The monoisotopic (exact) mass is 237 g/mol. The first-order valence-corrected chi connectivity index (χ1v) is 5.46. The number of aromatic hydroxyl groups is 1. The minimum atomic E-state index is -0.0263. The van der Waals surface area contributed by atoms with Gasteiger partial charge in [-0.15, -0.1) is 0 Å². The highest BCUT2D eigenvalue weighted by Crippen LogP contribution is 2.25. The van der Waals surface area contributed by atoms with Crippen LogP contribution < -0.4 is 0 Å². The Labute approximate surface area is 105 Å². The molecule has 0 aliphatic heterocycles. The summed E-state index contributed by atoms with van der Waals surface area (Å²) in [6.45, 7) is 1.52. The number of hydrogen-bond donors (Lipinski definition) is 1. The second kappa shape index (κ2) is 4.72. The van der Waals surface area contributed by atoms with Gasteiger partial charge in [0.1, 0.15) is 11.8 Å². The zero-order chi connectivity index (χ0) is 13.1. The van der Waals surface area contributed by atoms with Crippen LogP contribution in [0.5, 0.6) is 5.75 Å². The van der Waals surface area contributed by atoms with E-state index < -0.39 is 0 Å². The third-order valence-corrected chi connectivity index (χ3v) is 2.74. The zero-order valence-electron chi connectivity index (χ0n) is 9.84. The molecule has 3 heteroatoms. The fraction of sp³-hybridized carbons (Fsp3) is 0.0667. The van der Waals surface area contributed by atoms with Crippen LogP contribution in [0.25, 0.3) is 11.1 Å². The third-order valence-electron chi connectivity index (χ3n) is 2.74. The van der Waals surface area contributed by atoms with Crippen LogP contribution in [0.1, 0.15) is 22.8 Å². The number of carbonyl (C=O) groups excluding carboxylic acids is 1. The molecule has 88 valence electrons. The van der Waals surface area contributed by atoms with Crippen LogP contribution in [0.3, 0.4) is 0 Å². The molecule has 2 rings (SSSR count). The van der Waals surface area contributed by atoms with Crippen molar-refractivity contribution < 1.29 is 9.90 Å². The van der Waals surface area contributed by atoms with Crippen molar-refractivity contribution in [3.8, 4) is 22.9 Å². The minimum absolute atomic E-state index is 0.0185. The molecule has 0 aliphatic rings. The molecule has 3 nitrogen and oxygen atoms in total. The van der Waals surface area contributed by atoms with E-state index in [2.05, 4.69) is 0 Å². The van der Waals surface area contributed by atoms with Crippen molar-refractivity contribution in [2.24, 2.45) is 0 Å². The summed E-state index contributed by atoms with van der Waals surface area (Å²) in [5, 5.41) is 18.3. The maximum absolute atomic E-state index is 11.2. The molecule has 0 spiro atoms. The summed E-state index contributed by atoms with van der Waals surface area (Å²) in [5.41, 5.74) is 2.62. The Kier molecular flexibility index (Phi) is 3.11. The highest BCUT2D eigenvalue weighted by Gasteiger charge is 2.05. The number of nitrogens with zero attached hydrogens (tertiary/aromatic N) is 1. The Bertz CT molecular complexity index is 637. The van der Waals surface area contributed by atoms with Crippen molar-refractivity contribution in [3.05, 3.63) is 53.6 Å². The van der Waals surface area contributed by atoms with Crippen LogP contribution in [-0.2, 0) is 0 Å². The molecular formula is C15H11NO2. The van der Waals surface area contributed by atoms with Crippen LogP contribution in [0.15, 0.2) is 42.5 Å². The summed E-state index contributed by atoms with van der Waals surface area (Å²) in [6.07, 6.45) is 0. The van der Waals surface area contributed by atoms with Gasteiger partial charge in [-0.25, -0.2) is 0 Å². The van der Waals surface area contributed by atoms with E-state index >= 15 is 0 Å². The van der Waals surface area contributed by atoms with E-state index in [4.69, 9.17) is 5.26 Å². The highest BCUT2D eigenvalue weighted by atomic mass is 16.3. The van der Waals surface area contributed by atoms with E-state index in [0.717, 1.165) is 11.1 Å². The number of ketones is 1. The quantitative estimate of drug-likeness (QED) is 0.816. The van der Waals surface area contributed by atoms with E-state index in [1.165, 1.54) is 13.0 Å². The minimum Gasteiger partial charge on any atom is -0.507 e. The molecular weight excluding hydrogens is 226 g/mol. The lowest BCUT2D eigenvalue weighted by Crippen LogP contribution is -1.91. The Hall–Kier alpha value is -2.60. The first-order valence-electron chi connectivity index (χ1n) is 5.46. The number of benzene rings is 2. The number of phenolic OH excluding ortho intramolecular Hbond substituents is 1. The normalized spacial score (nSPS) is 9.78. The SMILES string of the molecule is CC(=O)c1ccc(-c2ccc(O)c(C#N)c2)cc1. The molecule has 0 bridgehead atoms. The lowest BCUT2D eigenvalue weighted by molar-refractivity contribution is 0.101. The molecule has 0 unspecified atom stereocenters. The number of rotatable bonds is 2. The van der Waals surface area contributed by atoms with E-state index in [1.54, 1.807) is 24.3 Å². The van der Waals surface area contributed by atoms with Gasteiger partial charge in [0, 0.05) is 5.56 Å². The molecule has 0 radical (unpaired) electrons. The van der Waals surface area contributed by atoms with Crippen molar-refractivity contribution in [2.45, 2.75) is 6.92 Å². The molecule has 0 aliphatic carbocycles. The third kappa shape index (κ3) is 2.23. The molecule has 2 aromatic rings. The van der Waals surface area contributed by atoms with Gasteiger partial charge in [-0.05, 0) is 30.2 Å². The van der Waals surface area contributed by atoms with Gasteiger partial charge in [-0.1, -0.05) is 30.3 Å². The molecule has 2 aromatic carbocycles. The molecule has 0 saturated heterocycles. The highest BCUT2D eigenvalue weighted by molar-refractivity contribution is 5.94. The summed E-state index contributed by atoms with van der Waals surface area (Å²) in [7, 11) is 0. The Balaban J connectivity index is 2.43. The molecule has 0 heterocycles. The Morgan fingerprint density at radius 1 is 1.11 bits per heavy atom. The van der Waals surface area contributed by atoms with Gasteiger partial charge in [-0.2, -0.15) is 5.26 Å². The van der Waals surface area contributed by atoms with Gasteiger partial charge in [0.2, 0.25) is 0 Å². The number of carbonyl (C=O) groups is 1. The van der Waals surface area contributed by atoms with Crippen LogP contribution in [0.2, 0.25) is 0 Å². The van der Waals surface area contributed by atoms with Crippen LogP contribution in [0.4, 0.5) is 0 Å². The van der Waals surface area contributed by atoms with Gasteiger partial charge in [0.05, 0.1) is 5.56 Å². The topological polar surface area (TPSA) is 61.1 Å². The molecule has 0 atom stereocenters. The number of hydrogen-bond acceptors (Lipinski definition) is 3. The van der Waals surface area contributed by atoms with E-state index in [9.17, 15) is 9.90 Å². The molecule has 1 N–H and O–H groups in total. The van der Waals surface area contributed by atoms with E-state index in [-0.39, 0.29) is 17.1 Å². The van der Waals surface area contributed by atoms with Crippen LogP contribution in [-0.4, -0.2) is 10.9 Å². The summed E-state index contributed by atoms with van der Waals surface area (Å²) in [6, 6.07) is 13.9. The number of nitriles is 1. The summed E-state index contributed by atoms with van der Waals surface area (Å²) in [5.74, 6) is -0.00780. The maximum atomic E-state index is 11.2. The van der Waals surface area contributed by atoms with Crippen LogP contribution >= 0.6 is 0 Å². The van der Waals surface area contributed by atoms with Gasteiger partial charge in [-0.3, -0.25) is 4.79 Å². The van der Waals surface area contributed by atoms with Crippen LogP contribution in [0, 0.1) is 11.3 Å². The fourth-order valence-electron chi connectivity index (χ4n) is 1.70. The van der Waals surface area contributed by atoms with Gasteiger partial charge >= 0.3 is 0 Å². The fourth-order valence-corrected chi connectivity index (χ4v) is 1.70. The predicted octanol–water partition coefficient (Wildman–Crippen LogP) is 3.13. The van der Waals surface area contributed by atoms with E-state index in [1.807, 2.05) is 18.2 Å². The van der Waals surface area contributed by atoms with Crippen molar-refractivity contribution in [3.63, 3.8) is 0 Å². The first-order chi connectivity index (χ1) is 8.61. The second-order valence-electron chi connectivity index (χ2n) is 3.98. The van der Waals surface area contributed by atoms with Gasteiger partial charge < -0.3 is 5.11 Å². The summed E-state index contributed by atoms with van der Waals surface area (Å²) < 4.78 is 0. The average Bonchev–Trinajstić information content (AvgIpc) is 2.39. The maximum Gasteiger partial charge on any atom is 0.159 e. The average molecular weight is 237 g/mol. The van der Waals surface area contributed by atoms with E-state index in [0.29, 0.717) is 5.56 Å². The number of Topliss-reactive ketones (excluding diaryl/α,β-unsaturated/α-hetero) is 1. The first kappa shape index (κ1) is 11.9. The molecule has 0 fully saturated rings. The molecule has 0 aromatic heterocycles. The lowest BCUT2D eigenvalue weighted by atomic mass is 10.0. The van der Waals surface area contributed by atoms with Crippen molar-refractivity contribution in [1.82, 2.24) is 0 Å². The van der Waals surface area contributed by atoms with Gasteiger partial charge in [0.15, 0.2) is 5.78 Å². The smallest absolute Gasteiger partial charge is 0.159 e.